The van der Waals surface area contributed by atoms with Gasteiger partial charge in [0.05, 0.1) is 39.9 Å². The number of alkyl halides is 3. The first-order valence-corrected chi connectivity index (χ1v) is 12.7. The largest absolute Gasteiger partial charge is 0.417 e. The van der Waals surface area contributed by atoms with Crippen LogP contribution in [-0.2, 0) is 19.8 Å². The van der Waals surface area contributed by atoms with Crippen molar-refractivity contribution >= 4 is 23.2 Å². The van der Waals surface area contributed by atoms with Gasteiger partial charge in [0, 0.05) is 36.7 Å². The molecule has 3 aromatic heterocycles. The fourth-order valence-electron chi connectivity index (χ4n) is 4.60. The van der Waals surface area contributed by atoms with Gasteiger partial charge < -0.3 is 5.32 Å². The van der Waals surface area contributed by atoms with Crippen molar-refractivity contribution in [3.8, 4) is 16.9 Å². The number of nitrogens with zero attached hydrogens (tertiary/aromatic N) is 7. The summed E-state index contributed by atoms with van der Waals surface area (Å²) in [5, 5.41) is 14.9. The summed E-state index contributed by atoms with van der Waals surface area (Å²) in [6, 6.07) is 3.92. The standard InChI is InChI=1S/C26H26ClF3N8O/c1-15-23(38-14-22(34-35-38)20-12-32-36(3)16(20)2)9-17(11-31-15)25(39)33-19-8-18(13-37-6-4-5-7-37)24(27)21(10-19)26(28,29)30/h8-12,14H,4-7,13H2,1-3H3,(H,33,39). The molecule has 1 N–H and O–H groups in total. The first-order valence-electron chi connectivity index (χ1n) is 12.3. The van der Waals surface area contributed by atoms with E-state index in [4.69, 9.17) is 11.6 Å². The van der Waals surface area contributed by atoms with Crippen molar-refractivity contribution in [2.45, 2.75) is 39.4 Å². The van der Waals surface area contributed by atoms with E-state index < -0.39 is 17.6 Å². The van der Waals surface area contributed by atoms with E-state index in [0.29, 0.717) is 22.6 Å². The van der Waals surface area contributed by atoms with E-state index in [-0.39, 0.29) is 22.8 Å². The summed E-state index contributed by atoms with van der Waals surface area (Å²) in [6.45, 7) is 5.52. The van der Waals surface area contributed by atoms with Gasteiger partial charge in [-0.1, -0.05) is 16.8 Å². The lowest BCUT2D eigenvalue weighted by molar-refractivity contribution is -0.137. The van der Waals surface area contributed by atoms with Crippen LogP contribution in [0.15, 0.2) is 36.8 Å². The molecule has 1 fully saturated rings. The third kappa shape index (κ3) is 5.52. The minimum atomic E-state index is -4.67. The maximum atomic E-state index is 13.8. The van der Waals surface area contributed by atoms with Crippen molar-refractivity contribution < 1.29 is 18.0 Å². The van der Waals surface area contributed by atoms with Gasteiger partial charge in [-0.25, -0.2) is 4.68 Å². The van der Waals surface area contributed by atoms with Gasteiger partial charge in [-0.05, 0) is 63.5 Å². The van der Waals surface area contributed by atoms with E-state index in [2.05, 4.69) is 25.7 Å². The predicted molar refractivity (Wildman–Crippen MR) is 140 cm³/mol. The van der Waals surface area contributed by atoms with Crippen LogP contribution < -0.4 is 5.32 Å². The number of halogens is 4. The van der Waals surface area contributed by atoms with Gasteiger partial charge in [-0.15, -0.1) is 5.10 Å². The molecule has 9 nitrogen and oxygen atoms in total. The number of anilines is 1. The molecular weight excluding hydrogens is 533 g/mol. The van der Waals surface area contributed by atoms with Gasteiger partial charge >= 0.3 is 6.18 Å². The Morgan fingerprint density at radius 3 is 2.54 bits per heavy atom. The third-order valence-corrected chi connectivity index (χ3v) is 7.32. The van der Waals surface area contributed by atoms with Crippen molar-refractivity contribution in [3.63, 3.8) is 0 Å². The number of amides is 1. The topological polar surface area (TPSA) is 93.8 Å². The Bertz CT molecular complexity index is 1540. The molecule has 0 unspecified atom stereocenters. The number of aromatic nitrogens is 6. The van der Waals surface area contributed by atoms with Crippen molar-refractivity contribution in [2.24, 2.45) is 7.05 Å². The monoisotopic (exact) mass is 558 g/mol. The van der Waals surface area contributed by atoms with Crippen LogP contribution in [0.1, 0.15) is 45.7 Å². The average molecular weight is 559 g/mol. The summed E-state index contributed by atoms with van der Waals surface area (Å²) in [4.78, 5) is 19.5. The Labute approximate surface area is 227 Å². The molecule has 1 saturated heterocycles. The number of aryl methyl sites for hydroxylation is 2. The number of nitrogens with one attached hydrogen (secondary N) is 1. The second kappa shape index (κ2) is 10.4. The van der Waals surface area contributed by atoms with Crippen molar-refractivity contribution in [1.82, 2.24) is 34.7 Å². The number of pyridine rings is 1. The predicted octanol–water partition coefficient (Wildman–Crippen LogP) is 5.20. The number of carbonyl (C=O) groups is 1. The van der Waals surface area contributed by atoms with Crippen molar-refractivity contribution in [3.05, 3.63) is 69.9 Å². The minimum absolute atomic E-state index is 0.00291. The van der Waals surface area contributed by atoms with Gasteiger partial charge in [0.1, 0.15) is 5.69 Å². The second-order valence-electron chi connectivity index (χ2n) is 9.58. The third-order valence-electron chi connectivity index (χ3n) is 6.88. The van der Waals surface area contributed by atoms with E-state index in [1.54, 1.807) is 30.1 Å². The lowest BCUT2D eigenvalue weighted by Gasteiger charge is -2.20. The van der Waals surface area contributed by atoms with Gasteiger partial charge in [0.15, 0.2) is 0 Å². The molecule has 0 spiro atoms. The van der Waals surface area contributed by atoms with Crippen LogP contribution in [0.5, 0.6) is 0 Å². The average Bonchev–Trinajstić information content (AvgIpc) is 3.63. The van der Waals surface area contributed by atoms with Crippen LogP contribution >= 0.6 is 11.6 Å². The van der Waals surface area contributed by atoms with E-state index in [0.717, 1.165) is 43.3 Å². The molecule has 1 aromatic carbocycles. The minimum Gasteiger partial charge on any atom is -0.322 e. The Hall–Kier alpha value is -3.77. The fourth-order valence-corrected chi connectivity index (χ4v) is 4.87. The molecular formula is C26H26ClF3N8O. The number of carbonyl (C=O) groups excluding carboxylic acids is 1. The molecule has 0 aliphatic carbocycles. The van der Waals surface area contributed by atoms with Crippen LogP contribution in [0, 0.1) is 13.8 Å². The number of likely N-dealkylation sites (tertiary alicyclic amines) is 1. The summed E-state index contributed by atoms with van der Waals surface area (Å²) in [5.74, 6) is -0.616. The summed E-state index contributed by atoms with van der Waals surface area (Å²) in [6.07, 6.45) is 2.06. The SMILES string of the molecule is Cc1ncc(C(=O)Nc2cc(CN3CCCC3)c(Cl)c(C(F)(F)F)c2)cc1-n1cc(-c2cnn(C)c2C)nn1. The summed E-state index contributed by atoms with van der Waals surface area (Å²) in [7, 11) is 1.83. The Morgan fingerprint density at radius 1 is 1.13 bits per heavy atom. The van der Waals surface area contributed by atoms with Crippen LogP contribution in [0.2, 0.25) is 5.02 Å². The number of hydrogen-bond acceptors (Lipinski definition) is 6. The lowest BCUT2D eigenvalue weighted by Crippen LogP contribution is -2.20. The molecule has 0 bridgehead atoms. The smallest absolute Gasteiger partial charge is 0.322 e. The first-order chi connectivity index (χ1) is 18.5. The zero-order valence-corrected chi connectivity index (χ0v) is 22.3. The zero-order valence-electron chi connectivity index (χ0n) is 21.6. The van der Waals surface area contributed by atoms with Crippen LogP contribution in [0.4, 0.5) is 18.9 Å². The van der Waals surface area contributed by atoms with E-state index in [1.807, 2.05) is 18.9 Å². The highest BCUT2D eigenvalue weighted by Crippen LogP contribution is 2.39. The zero-order chi connectivity index (χ0) is 27.9. The highest BCUT2D eigenvalue weighted by Gasteiger charge is 2.35. The maximum absolute atomic E-state index is 13.8. The van der Waals surface area contributed by atoms with Crippen molar-refractivity contribution in [2.75, 3.05) is 18.4 Å². The van der Waals surface area contributed by atoms with E-state index in [9.17, 15) is 18.0 Å². The van der Waals surface area contributed by atoms with Gasteiger partial charge in [0.25, 0.3) is 5.91 Å². The lowest BCUT2D eigenvalue weighted by atomic mass is 10.1. The molecule has 204 valence electrons. The van der Waals surface area contributed by atoms with Crippen LogP contribution in [0.3, 0.4) is 0 Å². The normalized spacial score (nSPS) is 14.2. The van der Waals surface area contributed by atoms with E-state index >= 15 is 0 Å². The quantitative estimate of drug-likeness (QED) is 0.350. The first kappa shape index (κ1) is 26.8. The molecule has 4 aromatic rings. The fraction of sp³-hybridized carbons (Fsp3) is 0.346. The molecule has 0 radical (unpaired) electrons. The molecule has 1 aliphatic heterocycles. The molecule has 0 atom stereocenters. The summed E-state index contributed by atoms with van der Waals surface area (Å²) >= 11 is 6.17. The summed E-state index contributed by atoms with van der Waals surface area (Å²) in [5.41, 5.74) is 2.90. The highest BCUT2D eigenvalue weighted by atomic mass is 35.5. The number of benzene rings is 1. The highest BCUT2D eigenvalue weighted by molar-refractivity contribution is 6.32. The molecule has 0 saturated carbocycles. The Balaban J connectivity index is 1.43. The van der Waals surface area contributed by atoms with E-state index in [1.165, 1.54) is 16.9 Å². The Kier molecular flexibility index (Phi) is 7.17. The summed E-state index contributed by atoms with van der Waals surface area (Å²) < 4.78 is 44.6. The van der Waals surface area contributed by atoms with Gasteiger partial charge in [-0.3, -0.25) is 19.4 Å². The van der Waals surface area contributed by atoms with Gasteiger partial charge in [-0.2, -0.15) is 18.3 Å². The van der Waals surface area contributed by atoms with Gasteiger partial charge in [0.2, 0.25) is 0 Å². The molecule has 1 aliphatic rings. The number of hydrogen-bond donors (Lipinski definition) is 1. The van der Waals surface area contributed by atoms with Crippen molar-refractivity contribution in [1.29, 1.82) is 0 Å². The maximum Gasteiger partial charge on any atom is 0.417 e. The number of rotatable bonds is 6. The Morgan fingerprint density at radius 2 is 1.87 bits per heavy atom. The van der Waals surface area contributed by atoms with Crippen LogP contribution in [0.25, 0.3) is 16.9 Å². The second-order valence-corrected chi connectivity index (χ2v) is 9.95. The molecule has 39 heavy (non-hydrogen) atoms. The molecule has 5 rings (SSSR count). The van der Waals surface area contributed by atoms with Crippen LogP contribution in [-0.4, -0.2) is 53.7 Å². The molecule has 4 heterocycles. The molecule has 1 amide bonds. The molecule has 13 heteroatoms.